The van der Waals surface area contributed by atoms with Crippen LogP contribution in [0, 0.1) is 5.92 Å². The smallest absolute Gasteiger partial charge is 0.0630 e. The molecule has 0 saturated heterocycles. The first-order chi connectivity index (χ1) is 9.97. The van der Waals surface area contributed by atoms with Crippen LogP contribution in [0.4, 0.5) is 11.4 Å². The summed E-state index contributed by atoms with van der Waals surface area (Å²) in [5, 5.41) is 5.75. The average Bonchev–Trinajstić information content (AvgIpc) is 2.41. The van der Waals surface area contributed by atoms with E-state index in [1.165, 1.54) is 0 Å². The quantitative estimate of drug-likeness (QED) is 0.801. The maximum absolute atomic E-state index is 6.33. The SMILES string of the molecule is CC(C)CC(CN(C)C)Nc1ccc2cnccc2c1N. The van der Waals surface area contributed by atoms with E-state index in [2.05, 4.69) is 55.3 Å². The molecule has 0 aliphatic carbocycles. The minimum Gasteiger partial charge on any atom is -0.397 e. The highest BCUT2D eigenvalue weighted by Gasteiger charge is 2.14. The predicted molar refractivity (Wildman–Crippen MR) is 91.6 cm³/mol. The van der Waals surface area contributed by atoms with E-state index >= 15 is 0 Å². The Bertz CT molecular complexity index is 582. The highest BCUT2D eigenvalue weighted by atomic mass is 15.1. The van der Waals surface area contributed by atoms with Crippen LogP contribution in [0.3, 0.4) is 0 Å². The summed E-state index contributed by atoms with van der Waals surface area (Å²) in [6.07, 6.45) is 4.75. The maximum Gasteiger partial charge on any atom is 0.0630 e. The van der Waals surface area contributed by atoms with E-state index in [-0.39, 0.29) is 0 Å². The van der Waals surface area contributed by atoms with E-state index in [0.29, 0.717) is 12.0 Å². The molecular formula is C17H26N4. The van der Waals surface area contributed by atoms with Crippen LogP contribution in [-0.2, 0) is 0 Å². The van der Waals surface area contributed by atoms with Crippen molar-refractivity contribution < 1.29 is 0 Å². The second-order valence-electron chi connectivity index (χ2n) is 6.36. The highest BCUT2D eigenvalue weighted by Crippen LogP contribution is 2.29. The number of anilines is 2. The third-order valence-electron chi connectivity index (χ3n) is 3.56. The van der Waals surface area contributed by atoms with Gasteiger partial charge in [-0.1, -0.05) is 19.9 Å². The number of pyridine rings is 1. The summed E-state index contributed by atoms with van der Waals surface area (Å²) in [4.78, 5) is 6.35. The molecule has 1 unspecified atom stereocenters. The largest absolute Gasteiger partial charge is 0.397 e. The summed E-state index contributed by atoms with van der Waals surface area (Å²) < 4.78 is 0. The number of nitrogens with two attached hydrogens (primary N) is 1. The van der Waals surface area contributed by atoms with Crippen LogP contribution in [0.2, 0.25) is 0 Å². The first kappa shape index (κ1) is 15.6. The van der Waals surface area contributed by atoms with E-state index in [0.717, 1.165) is 35.1 Å². The van der Waals surface area contributed by atoms with Gasteiger partial charge < -0.3 is 16.0 Å². The van der Waals surface area contributed by atoms with E-state index in [4.69, 9.17) is 5.73 Å². The molecule has 0 spiro atoms. The lowest BCUT2D eigenvalue weighted by Crippen LogP contribution is -2.33. The molecule has 2 rings (SSSR count). The number of hydrogen-bond donors (Lipinski definition) is 2. The van der Waals surface area contributed by atoms with Crippen LogP contribution in [0.5, 0.6) is 0 Å². The van der Waals surface area contributed by atoms with Gasteiger partial charge in [0.05, 0.1) is 11.4 Å². The lowest BCUT2D eigenvalue weighted by atomic mass is 10.0. The standard InChI is InChI=1S/C17H26N4/c1-12(2)9-14(11-21(3)4)20-16-6-5-13-10-19-8-7-15(13)17(16)18/h5-8,10,12,14,20H,9,11,18H2,1-4H3. The molecule has 0 fully saturated rings. The minimum absolute atomic E-state index is 0.390. The van der Waals surface area contributed by atoms with Crippen molar-refractivity contribution >= 4 is 22.1 Å². The van der Waals surface area contributed by atoms with Crippen molar-refractivity contribution in [2.24, 2.45) is 5.92 Å². The minimum atomic E-state index is 0.390. The lowest BCUT2D eigenvalue weighted by Gasteiger charge is -2.26. The van der Waals surface area contributed by atoms with Crippen LogP contribution >= 0.6 is 0 Å². The third-order valence-corrected chi connectivity index (χ3v) is 3.56. The van der Waals surface area contributed by atoms with Crippen LogP contribution in [-0.4, -0.2) is 36.6 Å². The van der Waals surface area contributed by atoms with Gasteiger partial charge in [-0.2, -0.15) is 0 Å². The van der Waals surface area contributed by atoms with Crippen LogP contribution in [0.15, 0.2) is 30.6 Å². The molecule has 3 N–H and O–H groups in total. The highest BCUT2D eigenvalue weighted by molar-refractivity contribution is 5.98. The van der Waals surface area contributed by atoms with Crippen LogP contribution < -0.4 is 11.1 Å². The number of hydrogen-bond acceptors (Lipinski definition) is 4. The number of likely N-dealkylation sites (N-methyl/N-ethyl adjacent to an activating group) is 1. The van der Waals surface area contributed by atoms with Gasteiger partial charge >= 0.3 is 0 Å². The van der Waals surface area contributed by atoms with Gasteiger partial charge in [0.2, 0.25) is 0 Å². The van der Waals surface area contributed by atoms with Crippen LogP contribution in [0.25, 0.3) is 10.8 Å². The fraction of sp³-hybridized carbons (Fsp3) is 0.471. The van der Waals surface area contributed by atoms with E-state index < -0.39 is 0 Å². The Morgan fingerprint density at radius 3 is 2.67 bits per heavy atom. The van der Waals surface area contributed by atoms with E-state index in [1.807, 2.05) is 12.3 Å². The van der Waals surface area contributed by atoms with E-state index in [9.17, 15) is 0 Å². The Hall–Kier alpha value is -1.81. The van der Waals surface area contributed by atoms with Gasteiger partial charge in [-0.15, -0.1) is 0 Å². The number of rotatable bonds is 6. The molecule has 0 aliphatic heterocycles. The van der Waals surface area contributed by atoms with Crippen molar-refractivity contribution in [2.45, 2.75) is 26.3 Å². The summed E-state index contributed by atoms with van der Waals surface area (Å²) in [7, 11) is 4.20. The lowest BCUT2D eigenvalue weighted by molar-refractivity contribution is 0.356. The fourth-order valence-electron chi connectivity index (χ4n) is 2.73. The molecule has 0 aliphatic rings. The molecule has 21 heavy (non-hydrogen) atoms. The number of fused-ring (bicyclic) bond motifs is 1. The maximum atomic E-state index is 6.33. The Kier molecular flexibility index (Phi) is 5.02. The zero-order valence-electron chi connectivity index (χ0n) is 13.4. The molecule has 4 heteroatoms. The first-order valence-electron chi connectivity index (χ1n) is 7.51. The number of aromatic nitrogens is 1. The second-order valence-corrected chi connectivity index (χ2v) is 6.36. The number of nitrogens with zero attached hydrogens (tertiary/aromatic N) is 2. The molecule has 0 amide bonds. The molecule has 1 atom stereocenters. The van der Waals surface area contributed by atoms with Crippen molar-refractivity contribution in [2.75, 3.05) is 31.7 Å². The Balaban J connectivity index is 2.25. The summed E-state index contributed by atoms with van der Waals surface area (Å²) in [6.45, 7) is 5.49. The topological polar surface area (TPSA) is 54.2 Å². The van der Waals surface area contributed by atoms with Crippen molar-refractivity contribution in [1.29, 1.82) is 0 Å². The molecule has 114 valence electrons. The molecule has 0 bridgehead atoms. The molecule has 4 nitrogen and oxygen atoms in total. The van der Waals surface area contributed by atoms with Gasteiger partial charge in [-0.3, -0.25) is 4.98 Å². The van der Waals surface area contributed by atoms with Gasteiger partial charge in [-0.05, 0) is 38.6 Å². The molecule has 0 radical (unpaired) electrons. The molecule has 1 aromatic carbocycles. The van der Waals surface area contributed by atoms with Gasteiger partial charge in [0.15, 0.2) is 0 Å². The Morgan fingerprint density at radius 1 is 1.24 bits per heavy atom. The first-order valence-corrected chi connectivity index (χ1v) is 7.51. The van der Waals surface area contributed by atoms with Gasteiger partial charge in [-0.25, -0.2) is 0 Å². The van der Waals surface area contributed by atoms with Crippen LogP contribution in [0.1, 0.15) is 20.3 Å². The van der Waals surface area contributed by atoms with Crippen molar-refractivity contribution in [1.82, 2.24) is 9.88 Å². The van der Waals surface area contributed by atoms with Crippen molar-refractivity contribution in [3.8, 4) is 0 Å². The second kappa shape index (κ2) is 6.76. The zero-order valence-corrected chi connectivity index (χ0v) is 13.4. The number of nitrogen functional groups attached to an aromatic ring is 1. The molecule has 2 aromatic rings. The zero-order chi connectivity index (χ0) is 15.4. The summed E-state index contributed by atoms with van der Waals surface area (Å²) in [5.74, 6) is 0.647. The van der Waals surface area contributed by atoms with E-state index in [1.54, 1.807) is 6.20 Å². The van der Waals surface area contributed by atoms with Crippen molar-refractivity contribution in [3.63, 3.8) is 0 Å². The third kappa shape index (κ3) is 4.08. The fourth-order valence-corrected chi connectivity index (χ4v) is 2.73. The molecule has 1 aromatic heterocycles. The molecule has 1 heterocycles. The summed E-state index contributed by atoms with van der Waals surface area (Å²) in [5.41, 5.74) is 8.15. The van der Waals surface area contributed by atoms with Gasteiger partial charge in [0, 0.05) is 35.8 Å². The van der Waals surface area contributed by atoms with Crippen molar-refractivity contribution in [3.05, 3.63) is 30.6 Å². The molecular weight excluding hydrogens is 260 g/mol. The summed E-state index contributed by atoms with van der Waals surface area (Å²) in [6, 6.07) is 6.49. The number of benzene rings is 1. The monoisotopic (exact) mass is 286 g/mol. The normalized spacial score (nSPS) is 13.0. The Morgan fingerprint density at radius 2 is 2.00 bits per heavy atom. The Labute approximate surface area is 127 Å². The van der Waals surface area contributed by atoms with Gasteiger partial charge in [0.1, 0.15) is 0 Å². The predicted octanol–water partition coefficient (Wildman–Crippen LogP) is 3.21. The average molecular weight is 286 g/mol. The van der Waals surface area contributed by atoms with Gasteiger partial charge in [0.25, 0.3) is 0 Å². The summed E-state index contributed by atoms with van der Waals surface area (Å²) >= 11 is 0. The number of nitrogens with one attached hydrogen (secondary N) is 1. The molecule has 0 saturated carbocycles.